The van der Waals surface area contributed by atoms with Crippen LogP contribution in [0.1, 0.15) is 21.7 Å². The first-order valence-electron chi connectivity index (χ1n) is 7.45. The smallest absolute Gasteiger partial charge is 0.287 e. The van der Waals surface area contributed by atoms with E-state index in [4.69, 9.17) is 5.14 Å². The van der Waals surface area contributed by atoms with Gasteiger partial charge in [0, 0.05) is 10.0 Å². The first-order chi connectivity index (χ1) is 13.0. The third-order valence-electron chi connectivity index (χ3n) is 3.67. The summed E-state index contributed by atoms with van der Waals surface area (Å²) < 4.78 is 64.7. The van der Waals surface area contributed by atoms with Crippen LogP contribution in [0.15, 0.2) is 57.9 Å². The molecule has 0 aliphatic carbocycles. The fraction of sp³-hybridized carbons (Fsp3) is 0.0625. The normalized spacial score (nSPS) is 12.2. The van der Waals surface area contributed by atoms with Gasteiger partial charge < -0.3 is 0 Å². The third-order valence-corrected chi connectivity index (χ3v) is 5.13. The summed E-state index contributed by atoms with van der Waals surface area (Å²) in [6.07, 6.45) is -4.94. The zero-order chi connectivity index (χ0) is 20.7. The molecule has 1 heterocycles. The monoisotopic (exact) mass is 474 g/mol. The molecule has 0 bridgehead atoms. The number of hydrogen-bond donors (Lipinski definition) is 1. The lowest BCUT2D eigenvalue weighted by Gasteiger charge is -2.11. The van der Waals surface area contributed by atoms with Gasteiger partial charge >= 0.3 is 6.18 Å². The van der Waals surface area contributed by atoms with E-state index in [2.05, 4.69) is 26.2 Å². The molecule has 0 aliphatic rings. The van der Waals surface area contributed by atoms with Gasteiger partial charge in [-0.2, -0.15) is 13.2 Å². The average molecular weight is 475 g/mol. The fourth-order valence-corrected chi connectivity index (χ4v) is 3.16. The first kappa shape index (κ1) is 20.2. The fourth-order valence-electron chi connectivity index (χ4n) is 2.38. The van der Waals surface area contributed by atoms with E-state index < -0.39 is 33.4 Å². The van der Waals surface area contributed by atoms with Crippen LogP contribution in [0.25, 0.3) is 5.69 Å². The molecular weight excluding hydrogens is 465 g/mol. The highest BCUT2D eigenvalue weighted by Crippen LogP contribution is 2.33. The summed E-state index contributed by atoms with van der Waals surface area (Å²) in [7, 11) is -4.01. The molecule has 28 heavy (non-hydrogen) atoms. The molecule has 0 fully saturated rings. The van der Waals surface area contributed by atoms with Gasteiger partial charge in [0.1, 0.15) is 0 Å². The van der Waals surface area contributed by atoms with Gasteiger partial charge in [-0.15, -0.1) is 5.10 Å². The Balaban J connectivity index is 2.11. The van der Waals surface area contributed by atoms with Crippen molar-refractivity contribution in [2.75, 3.05) is 0 Å². The van der Waals surface area contributed by atoms with Crippen molar-refractivity contribution in [3.8, 4) is 5.69 Å². The molecule has 0 spiro atoms. The number of carbonyl (C=O) groups is 1. The van der Waals surface area contributed by atoms with E-state index in [-0.39, 0.29) is 16.1 Å². The molecule has 0 radical (unpaired) electrons. The van der Waals surface area contributed by atoms with E-state index in [1.165, 1.54) is 24.3 Å². The summed E-state index contributed by atoms with van der Waals surface area (Å²) in [6.45, 7) is 0. The molecule has 12 heteroatoms. The zero-order valence-electron chi connectivity index (χ0n) is 13.7. The van der Waals surface area contributed by atoms with Gasteiger partial charge in [-0.1, -0.05) is 21.1 Å². The number of nitrogens with two attached hydrogens (primary N) is 1. The van der Waals surface area contributed by atoms with Crippen molar-refractivity contribution in [1.82, 2.24) is 15.0 Å². The van der Waals surface area contributed by atoms with Crippen LogP contribution in [0.2, 0.25) is 0 Å². The molecule has 3 aromatic rings. The lowest BCUT2D eigenvalue weighted by Crippen LogP contribution is -2.18. The maximum atomic E-state index is 13.7. The van der Waals surface area contributed by atoms with E-state index in [0.717, 1.165) is 24.3 Å². The highest BCUT2D eigenvalue weighted by atomic mass is 79.9. The molecule has 0 unspecified atom stereocenters. The molecule has 0 saturated heterocycles. The second kappa shape index (κ2) is 7.11. The number of nitrogens with zero attached hydrogens (tertiary/aromatic N) is 3. The summed E-state index contributed by atoms with van der Waals surface area (Å²) >= 11 is 3.18. The molecule has 0 amide bonds. The Bertz CT molecular complexity index is 1140. The van der Waals surface area contributed by atoms with E-state index in [1.54, 1.807) is 0 Å². The number of rotatable bonds is 4. The van der Waals surface area contributed by atoms with Crippen molar-refractivity contribution in [2.45, 2.75) is 11.1 Å². The van der Waals surface area contributed by atoms with Crippen LogP contribution in [0.5, 0.6) is 0 Å². The molecule has 0 atom stereocenters. The number of alkyl halides is 3. The van der Waals surface area contributed by atoms with Gasteiger partial charge in [-0.3, -0.25) is 4.79 Å². The van der Waals surface area contributed by atoms with E-state index in [1.807, 2.05) is 0 Å². The Labute approximate surface area is 165 Å². The molecule has 2 N–H and O–H groups in total. The molecule has 7 nitrogen and oxygen atoms in total. The molecule has 3 rings (SSSR count). The van der Waals surface area contributed by atoms with Crippen LogP contribution >= 0.6 is 15.9 Å². The maximum absolute atomic E-state index is 13.7. The lowest BCUT2D eigenvalue weighted by atomic mass is 10.1. The van der Waals surface area contributed by atoms with E-state index >= 15 is 0 Å². The van der Waals surface area contributed by atoms with Crippen LogP contribution in [-0.2, 0) is 16.2 Å². The van der Waals surface area contributed by atoms with Crippen molar-refractivity contribution in [1.29, 1.82) is 0 Å². The number of benzene rings is 2. The minimum Gasteiger partial charge on any atom is -0.287 e. The van der Waals surface area contributed by atoms with Crippen molar-refractivity contribution < 1.29 is 26.4 Å². The van der Waals surface area contributed by atoms with Crippen LogP contribution in [0.4, 0.5) is 13.2 Å². The first-order valence-corrected chi connectivity index (χ1v) is 9.79. The SMILES string of the molecule is NS(=O)(=O)c1ccc(-n2nnc(C(=O)c3ccc(Br)cc3)c2C(F)(F)F)cc1. The quantitative estimate of drug-likeness (QED) is 0.584. The maximum Gasteiger partial charge on any atom is 0.435 e. The van der Waals surface area contributed by atoms with Crippen molar-refractivity contribution in [3.63, 3.8) is 0 Å². The van der Waals surface area contributed by atoms with Crippen molar-refractivity contribution in [2.24, 2.45) is 5.14 Å². The summed E-state index contributed by atoms with van der Waals surface area (Å²) in [4.78, 5) is 12.2. The van der Waals surface area contributed by atoms with Crippen LogP contribution < -0.4 is 5.14 Å². The Kier molecular flexibility index (Phi) is 5.12. The number of primary sulfonamides is 1. The standard InChI is InChI=1S/C16H10BrF3N4O3S/c17-10-3-1-9(2-4-10)14(25)13-15(16(18,19)20)24(23-22-13)11-5-7-12(8-6-11)28(21,26)27/h1-8H,(H2,21,26,27). The second-order valence-electron chi connectivity index (χ2n) is 5.57. The topological polar surface area (TPSA) is 108 Å². The van der Waals surface area contributed by atoms with Crippen LogP contribution in [-0.4, -0.2) is 29.2 Å². The van der Waals surface area contributed by atoms with Gasteiger partial charge in [0.2, 0.25) is 15.8 Å². The Hall–Kier alpha value is -2.57. The lowest BCUT2D eigenvalue weighted by molar-refractivity contribution is -0.143. The van der Waals surface area contributed by atoms with Crippen molar-refractivity contribution >= 4 is 31.7 Å². The molecule has 1 aromatic heterocycles. The molecule has 0 saturated carbocycles. The van der Waals surface area contributed by atoms with Crippen LogP contribution in [0, 0.1) is 0 Å². The number of carbonyl (C=O) groups excluding carboxylic acids is 1. The molecular formula is C16H10BrF3N4O3S. The summed E-state index contributed by atoms with van der Waals surface area (Å²) in [5.41, 5.74) is -2.37. The number of aromatic nitrogens is 3. The van der Waals surface area contributed by atoms with Gasteiger partial charge in [0.05, 0.1) is 10.6 Å². The number of sulfonamides is 1. The number of ketones is 1. The minimum atomic E-state index is -4.94. The highest BCUT2D eigenvalue weighted by Gasteiger charge is 2.42. The second-order valence-corrected chi connectivity index (χ2v) is 8.05. The van der Waals surface area contributed by atoms with Gasteiger partial charge in [0.15, 0.2) is 11.4 Å². The Morgan fingerprint density at radius 2 is 1.61 bits per heavy atom. The van der Waals surface area contributed by atoms with Crippen molar-refractivity contribution in [3.05, 3.63) is 70.0 Å². The Morgan fingerprint density at radius 3 is 2.11 bits per heavy atom. The molecule has 0 aliphatic heterocycles. The van der Waals surface area contributed by atoms with E-state index in [0.29, 0.717) is 9.15 Å². The number of halogens is 4. The van der Waals surface area contributed by atoms with Gasteiger partial charge in [-0.25, -0.2) is 18.2 Å². The number of hydrogen-bond acceptors (Lipinski definition) is 5. The van der Waals surface area contributed by atoms with Crippen LogP contribution in [0.3, 0.4) is 0 Å². The third kappa shape index (κ3) is 3.98. The summed E-state index contributed by atoms with van der Waals surface area (Å²) in [5, 5.41) is 11.8. The predicted octanol–water partition coefficient (Wildman–Crippen LogP) is 2.93. The van der Waals surface area contributed by atoms with Gasteiger partial charge in [0.25, 0.3) is 0 Å². The largest absolute Gasteiger partial charge is 0.435 e. The summed E-state index contributed by atoms with van der Waals surface area (Å²) in [5.74, 6) is -0.952. The summed E-state index contributed by atoms with van der Waals surface area (Å²) in [6, 6.07) is 9.95. The predicted molar refractivity (Wildman–Crippen MR) is 95.3 cm³/mol. The molecule has 2 aromatic carbocycles. The Morgan fingerprint density at radius 1 is 1.04 bits per heavy atom. The van der Waals surface area contributed by atoms with E-state index in [9.17, 15) is 26.4 Å². The minimum absolute atomic E-state index is 0.00493. The zero-order valence-corrected chi connectivity index (χ0v) is 16.1. The highest BCUT2D eigenvalue weighted by molar-refractivity contribution is 9.10. The average Bonchev–Trinajstić information content (AvgIpc) is 3.06. The van der Waals surface area contributed by atoms with Gasteiger partial charge in [-0.05, 0) is 48.5 Å². The molecule has 146 valence electrons.